The van der Waals surface area contributed by atoms with Gasteiger partial charge in [-0.15, -0.1) is 11.3 Å². The van der Waals surface area contributed by atoms with Gasteiger partial charge in [0, 0.05) is 16.0 Å². The van der Waals surface area contributed by atoms with Gasteiger partial charge in [-0.2, -0.15) is 8.78 Å². The van der Waals surface area contributed by atoms with Gasteiger partial charge in [-0.25, -0.2) is 13.8 Å². The average Bonchev–Trinajstić information content (AvgIpc) is 2.97. The van der Waals surface area contributed by atoms with Crippen molar-refractivity contribution in [3.05, 3.63) is 64.5 Å². The van der Waals surface area contributed by atoms with Gasteiger partial charge in [0.1, 0.15) is 5.75 Å². The van der Waals surface area contributed by atoms with E-state index in [0.29, 0.717) is 16.1 Å². The van der Waals surface area contributed by atoms with Crippen LogP contribution in [0.25, 0.3) is 11.3 Å². The van der Waals surface area contributed by atoms with Gasteiger partial charge in [0.15, 0.2) is 16.8 Å². The van der Waals surface area contributed by atoms with Gasteiger partial charge in [0.25, 0.3) is 5.91 Å². The number of anilines is 1. The molecule has 1 amide bonds. The number of ether oxygens (including phenoxy) is 1. The molecule has 0 aliphatic heterocycles. The first kappa shape index (κ1) is 18.8. The van der Waals surface area contributed by atoms with Crippen molar-refractivity contribution in [2.75, 3.05) is 5.32 Å². The lowest BCUT2D eigenvalue weighted by Crippen LogP contribution is -2.12. The summed E-state index contributed by atoms with van der Waals surface area (Å²) in [5.41, 5.74) is 0.884. The van der Waals surface area contributed by atoms with E-state index < -0.39 is 24.2 Å². The molecule has 27 heavy (non-hydrogen) atoms. The minimum Gasteiger partial charge on any atom is -0.435 e. The summed E-state index contributed by atoms with van der Waals surface area (Å²) in [5, 5.41) is 2.79. The van der Waals surface area contributed by atoms with Gasteiger partial charge in [-0.05, 0) is 43.3 Å². The summed E-state index contributed by atoms with van der Waals surface area (Å²) in [4.78, 5) is 17.2. The molecule has 2 aromatic carbocycles. The molecule has 1 aromatic heterocycles. The molecule has 140 valence electrons. The summed E-state index contributed by atoms with van der Waals surface area (Å²) in [5.74, 6) is -2.68. The van der Waals surface area contributed by atoms with Crippen LogP contribution in [-0.2, 0) is 0 Å². The number of benzene rings is 2. The van der Waals surface area contributed by atoms with Crippen LogP contribution < -0.4 is 10.1 Å². The number of aryl methyl sites for hydroxylation is 1. The number of aromatic nitrogens is 1. The Balaban J connectivity index is 1.80. The zero-order chi connectivity index (χ0) is 19.6. The van der Waals surface area contributed by atoms with E-state index in [2.05, 4.69) is 15.0 Å². The summed E-state index contributed by atoms with van der Waals surface area (Å²) in [6, 6.07) is 8.73. The van der Waals surface area contributed by atoms with E-state index in [1.807, 2.05) is 0 Å². The first-order valence-electron chi connectivity index (χ1n) is 7.62. The number of nitrogens with one attached hydrogen (secondary N) is 1. The molecule has 0 bridgehead atoms. The normalized spacial score (nSPS) is 10.9. The molecule has 0 radical (unpaired) electrons. The molecule has 1 N–H and O–H groups in total. The SMILES string of the molecule is Cc1sc(NC(=O)c2cccc(OC(F)F)c2)nc1-c1ccc(F)c(F)c1. The summed E-state index contributed by atoms with van der Waals surface area (Å²) in [7, 11) is 0. The maximum absolute atomic E-state index is 13.4. The first-order chi connectivity index (χ1) is 12.8. The van der Waals surface area contributed by atoms with Crippen LogP contribution >= 0.6 is 11.3 Å². The third kappa shape index (κ3) is 4.43. The molecule has 0 saturated carbocycles. The predicted octanol–water partition coefficient (Wildman–Crippen LogP) is 5.25. The number of rotatable bonds is 5. The van der Waals surface area contributed by atoms with Gasteiger partial charge in [0.05, 0.1) is 5.69 Å². The van der Waals surface area contributed by atoms with Crippen molar-refractivity contribution >= 4 is 22.4 Å². The van der Waals surface area contributed by atoms with Gasteiger partial charge in [-0.1, -0.05) is 6.07 Å². The van der Waals surface area contributed by atoms with Crippen molar-refractivity contribution in [2.24, 2.45) is 0 Å². The zero-order valence-corrected chi connectivity index (χ0v) is 14.6. The maximum Gasteiger partial charge on any atom is 0.387 e. The second-order valence-corrected chi connectivity index (χ2v) is 6.62. The summed E-state index contributed by atoms with van der Waals surface area (Å²) in [6.07, 6.45) is 0. The lowest BCUT2D eigenvalue weighted by Gasteiger charge is -2.06. The van der Waals surface area contributed by atoms with E-state index in [1.54, 1.807) is 6.92 Å². The van der Waals surface area contributed by atoms with E-state index in [1.165, 1.54) is 30.3 Å². The molecule has 9 heteroatoms. The second kappa shape index (κ2) is 7.75. The Labute approximate surface area is 155 Å². The molecule has 0 spiro atoms. The molecule has 0 unspecified atom stereocenters. The number of nitrogens with zero attached hydrogens (tertiary/aromatic N) is 1. The second-order valence-electron chi connectivity index (χ2n) is 5.41. The number of hydrogen-bond donors (Lipinski definition) is 1. The molecule has 1 heterocycles. The van der Waals surface area contributed by atoms with E-state index >= 15 is 0 Å². The highest BCUT2D eigenvalue weighted by atomic mass is 32.1. The van der Waals surface area contributed by atoms with Crippen molar-refractivity contribution in [3.8, 4) is 17.0 Å². The molecular formula is C18H12F4N2O2S. The van der Waals surface area contributed by atoms with Crippen molar-refractivity contribution in [3.63, 3.8) is 0 Å². The highest BCUT2D eigenvalue weighted by molar-refractivity contribution is 7.16. The zero-order valence-electron chi connectivity index (χ0n) is 13.8. The van der Waals surface area contributed by atoms with E-state index in [4.69, 9.17) is 0 Å². The molecule has 3 rings (SSSR count). The number of carbonyl (C=O) groups excluding carboxylic acids is 1. The summed E-state index contributed by atoms with van der Waals surface area (Å²) >= 11 is 1.15. The molecule has 0 atom stereocenters. The van der Waals surface area contributed by atoms with Crippen LogP contribution in [-0.4, -0.2) is 17.5 Å². The van der Waals surface area contributed by atoms with Gasteiger partial charge in [-0.3, -0.25) is 10.1 Å². The fourth-order valence-electron chi connectivity index (χ4n) is 2.34. The van der Waals surface area contributed by atoms with Gasteiger partial charge in [0.2, 0.25) is 0 Å². The van der Waals surface area contributed by atoms with E-state index in [9.17, 15) is 22.4 Å². The van der Waals surface area contributed by atoms with Crippen LogP contribution in [0.5, 0.6) is 5.75 Å². The minimum absolute atomic E-state index is 0.107. The van der Waals surface area contributed by atoms with Crippen LogP contribution in [0.2, 0.25) is 0 Å². The fraction of sp³-hybridized carbons (Fsp3) is 0.111. The van der Waals surface area contributed by atoms with Crippen molar-refractivity contribution in [2.45, 2.75) is 13.5 Å². The molecule has 0 aliphatic carbocycles. The maximum atomic E-state index is 13.4. The average molecular weight is 396 g/mol. The summed E-state index contributed by atoms with van der Waals surface area (Å²) < 4.78 is 55.3. The lowest BCUT2D eigenvalue weighted by molar-refractivity contribution is -0.0498. The number of amides is 1. The number of hydrogen-bond acceptors (Lipinski definition) is 4. The number of alkyl halides is 2. The largest absolute Gasteiger partial charge is 0.435 e. The van der Waals surface area contributed by atoms with Gasteiger partial charge < -0.3 is 4.74 Å². The van der Waals surface area contributed by atoms with Gasteiger partial charge >= 0.3 is 6.61 Å². The van der Waals surface area contributed by atoms with Crippen LogP contribution in [0.3, 0.4) is 0 Å². The predicted molar refractivity (Wildman–Crippen MR) is 93.2 cm³/mol. The Kier molecular flexibility index (Phi) is 5.41. The number of thiazole rings is 1. The third-order valence-corrected chi connectivity index (χ3v) is 4.42. The molecule has 0 aliphatic rings. The monoisotopic (exact) mass is 396 g/mol. The third-order valence-electron chi connectivity index (χ3n) is 3.53. The van der Waals surface area contributed by atoms with Crippen LogP contribution in [0.15, 0.2) is 42.5 Å². The lowest BCUT2D eigenvalue weighted by atomic mass is 10.1. The molecule has 3 aromatic rings. The Morgan fingerprint density at radius 1 is 1.15 bits per heavy atom. The van der Waals surface area contributed by atoms with Crippen molar-refractivity contribution in [1.82, 2.24) is 4.98 Å². The molecule has 0 fully saturated rings. The van der Waals surface area contributed by atoms with Crippen LogP contribution in [0.1, 0.15) is 15.2 Å². The number of carbonyl (C=O) groups is 1. The Hall–Kier alpha value is -2.94. The Morgan fingerprint density at radius 3 is 2.63 bits per heavy atom. The fourth-order valence-corrected chi connectivity index (χ4v) is 3.17. The number of halogens is 4. The quantitative estimate of drug-likeness (QED) is 0.600. The highest BCUT2D eigenvalue weighted by Crippen LogP contribution is 2.31. The Bertz CT molecular complexity index is 991. The Morgan fingerprint density at radius 2 is 1.93 bits per heavy atom. The van der Waals surface area contributed by atoms with Crippen molar-refractivity contribution < 1.29 is 27.1 Å². The standard InChI is InChI=1S/C18H12F4N2O2S/c1-9-15(10-5-6-13(19)14(20)8-10)23-18(27-9)24-16(25)11-3-2-4-12(7-11)26-17(21)22/h2-8,17H,1H3,(H,23,24,25). The van der Waals surface area contributed by atoms with Crippen molar-refractivity contribution in [1.29, 1.82) is 0 Å². The highest BCUT2D eigenvalue weighted by Gasteiger charge is 2.15. The smallest absolute Gasteiger partial charge is 0.387 e. The molecular weight excluding hydrogens is 384 g/mol. The minimum atomic E-state index is -3.00. The topological polar surface area (TPSA) is 51.2 Å². The molecule has 0 saturated heterocycles. The van der Waals surface area contributed by atoms with Crippen LogP contribution in [0.4, 0.5) is 22.7 Å². The molecule has 4 nitrogen and oxygen atoms in total. The summed E-state index contributed by atoms with van der Waals surface area (Å²) in [6.45, 7) is -1.27. The van der Waals surface area contributed by atoms with E-state index in [0.717, 1.165) is 23.5 Å². The first-order valence-corrected chi connectivity index (χ1v) is 8.44. The van der Waals surface area contributed by atoms with E-state index in [-0.39, 0.29) is 16.4 Å². The van der Waals surface area contributed by atoms with Crippen LogP contribution in [0, 0.1) is 18.6 Å².